The third-order valence-electron chi connectivity index (χ3n) is 3.83. The normalized spacial score (nSPS) is 27.7. The molecule has 1 aliphatic rings. The van der Waals surface area contributed by atoms with Crippen molar-refractivity contribution in [1.29, 1.82) is 0 Å². The average Bonchev–Trinajstić information content (AvgIpc) is 2.61. The van der Waals surface area contributed by atoms with Gasteiger partial charge in [-0.3, -0.25) is 0 Å². The Morgan fingerprint density at radius 1 is 1.21 bits per heavy atom. The zero-order chi connectivity index (χ0) is 13.8. The van der Waals surface area contributed by atoms with Crippen molar-refractivity contribution < 1.29 is 14.2 Å². The van der Waals surface area contributed by atoms with Gasteiger partial charge in [0, 0.05) is 24.2 Å². The van der Waals surface area contributed by atoms with Crippen LogP contribution in [0.25, 0.3) is 0 Å². The van der Waals surface area contributed by atoms with Crippen LogP contribution in [0.1, 0.15) is 25.5 Å². The Bertz CT molecular complexity index is 410. The lowest BCUT2D eigenvalue weighted by Gasteiger charge is -2.19. The Balaban J connectivity index is 2.21. The molecule has 0 amide bonds. The summed E-state index contributed by atoms with van der Waals surface area (Å²) in [5.41, 5.74) is 1.07. The van der Waals surface area contributed by atoms with Crippen LogP contribution >= 0.6 is 0 Å². The van der Waals surface area contributed by atoms with Gasteiger partial charge in [-0.2, -0.15) is 0 Å². The van der Waals surface area contributed by atoms with Gasteiger partial charge in [-0.15, -0.1) is 0 Å². The summed E-state index contributed by atoms with van der Waals surface area (Å²) in [5.74, 6) is 2.12. The van der Waals surface area contributed by atoms with E-state index in [1.165, 1.54) is 0 Å². The molecule has 1 aliphatic heterocycles. The first-order valence-corrected chi connectivity index (χ1v) is 6.72. The molecule has 3 atom stereocenters. The Hall–Kier alpha value is -1.26. The largest absolute Gasteiger partial charge is 0.497 e. The van der Waals surface area contributed by atoms with E-state index in [9.17, 15) is 0 Å². The number of hydrogen-bond acceptors (Lipinski definition) is 4. The number of rotatable bonds is 3. The van der Waals surface area contributed by atoms with E-state index in [0.29, 0.717) is 12.0 Å². The lowest BCUT2D eigenvalue weighted by atomic mass is 10.1. The van der Waals surface area contributed by atoms with Gasteiger partial charge in [0.15, 0.2) is 0 Å². The molecule has 0 bridgehead atoms. The molecule has 0 saturated carbocycles. The first-order valence-electron chi connectivity index (χ1n) is 6.72. The number of methoxy groups -OCH3 is 2. The quantitative estimate of drug-likeness (QED) is 0.911. The van der Waals surface area contributed by atoms with Crippen LogP contribution in [0, 0.1) is 5.92 Å². The van der Waals surface area contributed by atoms with Crippen molar-refractivity contribution in [2.75, 3.05) is 27.4 Å². The molecule has 1 fully saturated rings. The SMILES string of the molecule is COc1ccc(C2CNC(C)C(C)CO2)c(OC)c1. The number of ether oxygens (including phenoxy) is 3. The second-order valence-electron chi connectivity index (χ2n) is 5.10. The molecule has 2 rings (SSSR count). The standard InChI is InChI=1S/C15H23NO3/c1-10-9-19-15(8-16-11(10)2)13-6-5-12(17-3)7-14(13)18-4/h5-7,10-11,15-16H,8-9H2,1-4H3. The summed E-state index contributed by atoms with van der Waals surface area (Å²) in [6, 6.07) is 6.33. The van der Waals surface area contributed by atoms with Crippen LogP contribution < -0.4 is 14.8 Å². The molecule has 1 saturated heterocycles. The van der Waals surface area contributed by atoms with Crippen LogP contribution in [-0.2, 0) is 4.74 Å². The fourth-order valence-electron chi connectivity index (χ4n) is 2.25. The van der Waals surface area contributed by atoms with Gasteiger partial charge >= 0.3 is 0 Å². The lowest BCUT2D eigenvalue weighted by molar-refractivity contribution is 0.0481. The van der Waals surface area contributed by atoms with Crippen molar-refractivity contribution >= 4 is 0 Å². The van der Waals surface area contributed by atoms with E-state index in [1.807, 2.05) is 18.2 Å². The summed E-state index contributed by atoms with van der Waals surface area (Å²) < 4.78 is 16.7. The van der Waals surface area contributed by atoms with Crippen LogP contribution in [0.15, 0.2) is 18.2 Å². The molecule has 1 N–H and O–H groups in total. The summed E-state index contributed by atoms with van der Waals surface area (Å²) in [4.78, 5) is 0. The fraction of sp³-hybridized carbons (Fsp3) is 0.600. The molecular weight excluding hydrogens is 242 g/mol. The highest BCUT2D eigenvalue weighted by Gasteiger charge is 2.24. The monoisotopic (exact) mass is 265 g/mol. The fourth-order valence-corrected chi connectivity index (χ4v) is 2.25. The van der Waals surface area contributed by atoms with E-state index in [-0.39, 0.29) is 6.10 Å². The maximum atomic E-state index is 6.00. The van der Waals surface area contributed by atoms with E-state index in [2.05, 4.69) is 19.2 Å². The Morgan fingerprint density at radius 2 is 2.00 bits per heavy atom. The maximum Gasteiger partial charge on any atom is 0.128 e. The molecule has 0 aliphatic carbocycles. The second-order valence-corrected chi connectivity index (χ2v) is 5.10. The molecule has 1 aromatic carbocycles. The first kappa shape index (κ1) is 14.2. The third kappa shape index (κ3) is 3.19. The molecule has 0 radical (unpaired) electrons. The van der Waals surface area contributed by atoms with Crippen molar-refractivity contribution in [1.82, 2.24) is 5.32 Å². The molecule has 19 heavy (non-hydrogen) atoms. The van der Waals surface area contributed by atoms with Gasteiger partial charge in [0.2, 0.25) is 0 Å². The smallest absolute Gasteiger partial charge is 0.128 e. The number of hydrogen-bond donors (Lipinski definition) is 1. The zero-order valence-corrected chi connectivity index (χ0v) is 12.1. The molecule has 1 aromatic rings. The lowest BCUT2D eigenvalue weighted by Crippen LogP contribution is -2.32. The summed E-state index contributed by atoms with van der Waals surface area (Å²) >= 11 is 0. The van der Waals surface area contributed by atoms with Gasteiger partial charge in [-0.1, -0.05) is 6.92 Å². The number of nitrogens with one attached hydrogen (secondary N) is 1. The summed E-state index contributed by atoms with van der Waals surface area (Å²) in [5, 5.41) is 3.51. The number of benzene rings is 1. The summed E-state index contributed by atoms with van der Waals surface area (Å²) in [7, 11) is 3.33. The second kappa shape index (κ2) is 6.26. The van der Waals surface area contributed by atoms with Crippen molar-refractivity contribution in [2.45, 2.75) is 26.0 Å². The minimum atomic E-state index is 0.0215. The van der Waals surface area contributed by atoms with Crippen molar-refractivity contribution in [3.8, 4) is 11.5 Å². The van der Waals surface area contributed by atoms with Crippen molar-refractivity contribution in [3.63, 3.8) is 0 Å². The highest BCUT2D eigenvalue weighted by molar-refractivity contribution is 5.42. The maximum absolute atomic E-state index is 6.00. The van der Waals surface area contributed by atoms with Crippen molar-refractivity contribution in [3.05, 3.63) is 23.8 Å². The molecule has 0 spiro atoms. The molecule has 3 unspecified atom stereocenters. The Kier molecular flexibility index (Phi) is 4.66. The van der Waals surface area contributed by atoms with Crippen molar-refractivity contribution in [2.24, 2.45) is 5.92 Å². The van der Waals surface area contributed by atoms with E-state index in [0.717, 1.165) is 30.2 Å². The highest BCUT2D eigenvalue weighted by Crippen LogP contribution is 2.32. The zero-order valence-electron chi connectivity index (χ0n) is 12.1. The van der Waals surface area contributed by atoms with E-state index in [4.69, 9.17) is 14.2 Å². The third-order valence-corrected chi connectivity index (χ3v) is 3.83. The minimum absolute atomic E-state index is 0.0215. The summed E-state index contributed by atoms with van der Waals surface area (Å²) in [6.45, 7) is 5.95. The van der Waals surface area contributed by atoms with Gasteiger partial charge in [-0.05, 0) is 25.0 Å². The average molecular weight is 265 g/mol. The Morgan fingerprint density at radius 3 is 2.68 bits per heavy atom. The minimum Gasteiger partial charge on any atom is -0.497 e. The van der Waals surface area contributed by atoms with E-state index < -0.39 is 0 Å². The Labute approximate surface area is 115 Å². The van der Waals surface area contributed by atoms with Crippen LogP contribution in [0.3, 0.4) is 0 Å². The molecule has 0 aromatic heterocycles. The molecular formula is C15H23NO3. The van der Waals surface area contributed by atoms with Gasteiger partial charge in [0.05, 0.1) is 26.9 Å². The van der Waals surface area contributed by atoms with Crippen LogP contribution in [0.5, 0.6) is 11.5 Å². The van der Waals surface area contributed by atoms with Gasteiger partial charge < -0.3 is 19.5 Å². The van der Waals surface area contributed by atoms with Gasteiger partial charge in [0.1, 0.15) is 11.5 Å². The molecule has 4 nitrogen and oxygen atoms in total. The predicted octanol–water partition coefficient (Wildman–Crippen LogP) is 2.39. The first-order chi connectivity index (χ1) is 9.15. The van der Waals surface area contributed by atoms with E-state index >= 15 is 0 Å². The molecule has 4 heteroatoms. The summed E-state index contributed by atoms with van der Waals surface area (Å²) in [6.07, 6.45) is 0.0215. The molecule has 1 heterocycles. The molecule has 106 valence electrons. The topological polar surface area (TPSA) is 39.7 Å². The van der Waals surface area contributed by atoms with Crippen LogP contribution in [-0.4, -0.2) is 33.4 Å². The van der Waals surface area contributed by atoms with Gasteiger partial charge in [0.25, 0.3) is 0 Å². The van der Waals surface area contributed by atoms with Crippen LogP contribution in [0.2, 0.25) is 0 Å². The van der Waals surface area contributed by atoms with Gasteiger partial charge in [-0.25, -0.2) is 0 Å². The van der Waals surface area contributed by atoms with E-state index in [1.54, 1.807) is 14.2 Å². The van der Waals surface area contributed by atoms with Crippen LogP contribution in [0.4, 0.5) is 0 Å². The predicted molar refractivity (Wildman–Crippen MR) is 74.9 cm³/mol. The highest BCUT2D eigenvalue weighted by atomic mass is 16.5.